The van der Waals surface area contributed by atoms with Crippen LogP contribution in [0.1, 0.15) is 24.2 Å². The quantitative estimate of drug-likeness (QED) is 0.869. The fourth-order valence-electron chi connectivity index (χ4n) is 3.08. The summed E-state index contributed by atoms with van der Waals surface area (Å²) in [7, 11) is 0. The molecule has 1 aliphatic heterocycles. The molecule has 0 spiro atoms. The van der Waals surface area contributed by atoms with Crippen molar-refractivity contribution < 1.29 is 13.9 Å². The summed E-state index contributed by atoms with van der Waals surface area (Å²) in [6.45, 7) is 3.08. The zero-order valence-electron chi connectivity index (χ0n) is 13.1. The van der Waals surface area contributed by atoms with Crippen molar-refractivity contribution in [2.45, 2.75) is 25.5 Å². The maximum absolute atomic E-state index is 13.3. The number of ether oxygens (including phenoxy) is 1. The van der Waals surface area contributed by atoms with E-state index >= 15 is 0 Å². The number of hydrogen-bond donors (Lipinski definition) is 0. The van der Waals surface area contributed by atoms with Gasteiger partial charge in [-0.3, -0.25) is 4.79 Å². The van der Waals surface area contributed by atoms with Crippen molar-refractivity contribution in [1.82, 2.24) is 4.90 Å². The lowest BCUT2D eigenvalue weighted by Gasteiger charge is -2.39. The van der Waals surface area contributed by atoms with Gasteiger partial charge in [0.15, 0.2) is 0 Å². The van der Waals surface area contributed by atoms with Gasteiger partial charge in [0.1, 0.15) is 11.9 Å². The van der Waals surface area contributed by atoms with Crippen LogP contribution in [-0.4, -0.2) is 30.0 Å². The smallest absolute Gasteiger partial charge is 0.227 e. The van der Waals surface area contributed by atoms with Gasteiger partial charge in [0, 0.05) is 6.54 Å². The second-order valence-electron chi connectivity index (χ2n) is 5.84. The molecule has 2 aromatic carbocycles. The van der Waals surface area contributed by atoms with Crippen LogP contribution in [0.5, 0.6) is 0 Å². The predicted molar refractivity (Wildman–Crippen MR) is 86.4 cm³/mol. The van der Waals surface area contributed by atoms with Crippen LogP contribution in [-0.2, 0) is 16.0 Å². The van der Waals surface area contributed by atoms with E-state index < -0.39 is 0 Å². The van der Waals surface area contributed by atoms with E-state index in [2.05, 4.69) is 0 Å². The Balaban J connectivity index is 1.73. The topological polar surface area (TPSA) is 29.5 Å². The fourth-order valence-corrected chi connectivity index (χ4v) is 3.08. The van der Waals surface area contributed by atoms with Gasteiger partial charge in [-0.1, -0.05) is 42.5 Å². The van der Waals surface area contributed by atoms with E-state index in [4.69, 9.17) is 4.74 Å². The van der Waals surface area contributed by atoms with E-state index in [0.29, 0.717) is 18.7 Å². The molecule has 1 aliphatic rings. The molecule has 3 nitrogen and oxygen atoms in total. The molecule has 4 heteroatoms. The summed E-state index contributed by atoms with van der Waals surface area (Å²) in [4.78, 5) is 14.5. The monoisotopic (exact) mass is 313 g/mol. The molecule has 23 heavy (non-hydrogen) atoms. The zero-order valence-corrected chi connectivity index (χ0v) is 13.1. The van der Waals surface area contributed by atoms with E-state index in [0.717, 1.165) is 5.56 Å². The number of carbonyl (C=O) groups excluding carboxylic acids is 1. The molecule has 2 unspecified atom stereocenters. The summed E-state index contributed by atoms with van der Waals surface area (Å²) >= 11 is 0. The van der Waals surface area contributed by atoms with Gasteiger partial charge < -0.3 is 9.64 Å². The minimum absolute atomic E-state index is 0.00679. The number of benzene rings is 2. The largest absolute Gasteiger partial charge is 0.370 e. The van der Waals surface area contributed by atoms with E-state index in [1.807, 2.05) is 42.2 Å². The maximum Gasteiger partial charge on any atom is 0.227 e. The van der Waals surface area contributed by atoms with Crippen LogP contribution < -0.4 is 0 Å². The summed E-state index contributed by atoms with van der Waals surface area (Å²) in [5.74, 6) is -0.306. The third kappa shape index (κ3) is 3.59. The minimum Gasteiger partial charge on any atom is -0.370 e. The van der Waals surface area contributed by atoms with Crippen LogP contribution in [0.15, 0.2) is 54.6 Å². The molecule has 3 rings (SSSR count). The SMILES string of the molecule is CC1C(c2ccccc2)OCCN1C(=O)Cc1cccc(F)c1. The first-order valence-electron chi connectivity index (χ1n) is 7.85. The molecule has 0 bridgehead atoms. The third-order valence-electron chi connectivity index (χ3n) is 4.25. The number of halogens is 1. The number of hydrogen-bond acceptors (Lipinski definition) is 2. The Kier molecular flexibility index (Phi) is 4.72. The molecule has 0 radical (unpaired) electrons. The van der Waals surface area contributed by atoms with Crippen LogP contribution in [0.4, 0.5) is 4.39 Å². The first-order valence-corrected chi connectivity index (χ1v) is 7.85. The minimum atomic E-state index is -0.313. The van der Waals surface area contributed by atoms with Crippen LogP contribution in [0.2, 0.25) is 0 Å². The molecule has 0 aromatic heterocycles. The Hall–Kier alpha value is -2.20. The van der Waals surface area contributed by atoms with Crippen LogP contribution >= 0.6 is 0 Å². The van der Waals surface area contributed by atoms with Crippen molar-refractivity contribution in [3.05, 3.63) is 71.5 Å². The summed E-state index contributed by atoms with van der Waals surface area (Å²) in [5.41, 5.74) is 1.77. The number of carbonyl (C=O) groups is 1. The molecule has 1 amide bonds. The van der Waals surface area contributed by atoms with Crippen LogP contribution in [0.25, 0.3) is 0 Å². The van der Waals surface area contributed by atoms with Gasteiger partial charge in [-0.2, -0.15) is 0 Å². The first kappa shape index (κ1) is 15.7. The van der Waals surface area contributed by atoms with Gasteiger partial charge in [0.25, 0.3) is 0 Å². The molecule has 120 valence electrons. The second kappa shape index (κ2) is 6.92. The highest BCUT2D eigenvalue weighted by molar-refractivity contribution is 5.79. The van der Waals surface area contributed by atoms with Crippen LogP contribution in [0, 0.1) is 5.82 Å². The van der Waals surface area contributed by atoms with Gasteiger partial charge >= 0.3 is 0 Å². The molecule has 2 atom stereocenters. The van der Waals surface area contributed by atoms with Crippen molar-refractivity contribution >= 4 is 5.91 Å². The standard InChI is InChI=1S/C19H20FNO2/c1-14-19(16-7-3-2-4-8-16)23-11-10-21(14)18(22)13-15-6-5-9-17(20)12-15/h2-9,12,14,19H,10-11,13H2,1H3. The molecular formula is C19H20FNO2. The van der Waals surface area contributed by atoms with Crippen LogP contribution in [0.3, 0.4) is 0 Å². The van der Waals surface area contributed by atoms with Crippen molar-refractivity contribution in [2.75, 3.05) is 13.2 Å². The lowest BCUT2D eigenvalue weighted by Crippen LogP contribution is -2.49. The number of morpholine rings is 1. The number of nitrogens with zero attached hydrogens (tertiary/aromatic N) is 1. The number of rotatable bonds is 3. The maximum atomic E-state index is 13.3. The highest BCUT2D eigenvalue weighted by atomic mass is 19.1. The van der Waals surface area contributed by atoms with Crippen molar-refractivity contribution in [1.29, 1.82) is 0 Å². The van der Waals surface area contributed by atoms with Gasteiger partial charge in [-0.05, 0) is 30.2 Å². The van der Waals surface area contributed by atoms with Gasteiger partial charge in [-0.15, -0.1) is 0 Å². The third-order valence-corrected chi connectivity index (χ3v) is 4.25. The van der Waals surface area contributed by atoms with E-state index in [1.54, 1.807) is 12.1 Å². The zero-order chi connectivity index (χ0) is 16.2. The Morgan fingerprint density at radius 2 is 2.00 bits per heavy atom. The van der Waals surface area contributed by atoms with Gasteiger partial charge in [0.05, 0.1) is 19.1 Å². The van der Waals surface area contributed by atoms with Crippen molar-refractivity contribution in [3.8, 4) is 0 Å². The van der Waals surface area contributed by atoms with Gasteiger partial charge in [-0.25, -0.2) is 4.39 Å². The highest BCUT2D eigenvalue weighted by Gasteiger charge is 2.32. The first-order chi connectivity index (χ1) is 11.1. The predicted octanol–water partition coefficient (Wildman–Crippen LogP) is 3.36. The second-order valence-corrected chi connectivity index (χ2v) is 5.84. The Labute approximate surface area is 135 Å². The molecule has 2 aromatic rings. The molecule has 0 aliphatic carbocycles. The molecule has 0 N–H and O–H groups in total. The Morgan fingerprint density at radius 3 is 2.74 bits per heavy atom. The Morgan fingerprint density at radius 1 is 1.22 bits per heavy atom. The van der Waals surface area contributed by atoms with E-state index in [9.17, 15) is 9.18 Å². The highest BCUT2D eigenvalue weighted by Crippen LogP contribution is 2.28. The molecule has 1 saturated heterocycles. The van der Waals surface area contributed by atoms with E-state index in [-0.39, 0.29) is 30.3 Å². The summed E-state index contributed by atoms with van der Waals surface area (Å²) in [6, 6.07) is 16.1. The summed E-state index contributed by atoms with van der Waals surface area (Å²) in [5, 5.41) is 0. The molecular weight excluding hydrogens is 293 g/mol. The molecule has 1 heterocycles. The Bertz CT molecular complexity index is 674. The lowest BCUT2D eigenvalue weighted by molar-refractivity contribution is -0.144. The number of amides is 1. The normalized spacial score (nSPS) is 21.2. The summed E-state index contributed by atoms with van der Waals surface area (Å²) < 4.78 is 19.1. The average Bonchev–Trinajstić information content (AvgIpc) is 2.56. The fraction of sp³-hybridized carbons (Fsp3) is 0.316. The van der Waals surface area contributed by atoms with Gasteiger partial charge in [0.2, 0.25) is 5.91 Å². The summed E-state index contributed by atoms with van der Waals surface area (Å²) in [6.07, 6.45) is 0.0882. The average molecular weight is 313 g/mol. The van der Waals surface area contributed by atoms with E-state index in [1.165, 1.54) is 12.1 Å². The molecule has 1 fully saturated rings. The van der Waals surface area contributed by atoms with Crippen molar-refractivity contribution in [2.24, 2.45) is 0 Å². The van der Waals surface area contributed by atoms with Crippen molar-refractivity contribution in [3.63, 3.8) is 0 Å². The lowest BCUT2D eigenvalue weighted by atomic mass is 10.00. The molecule has 0 saturated carbocycles.